The number of carbonyl (C=O) groups is 1. The van der Waals surface area contributed by atoms with Gasteiger partial charge in [0.1, 0.15) is 11.5 Å². The van der Waals surface area contributed by atoms with Gasteiger partial charge in [-0.05, 0) is 50.8 Å². The van der Waals surface area contributed by atoms with E-state index in [4.69, 9.17) is 0 Å². The smallest absolute Gasteiger partial charge is 0.344 e. The fraction of sp³-hybridized carbons (Fsp3) is 0.360. The Balaban J connectivity index is 1.46. The maximum absolute atomic E-state index is 13.3. The molecule has 1 aliphatic rings. The number of amides is 1. The number of rotatable bonds is 5. The van der Waals surface area contributed by atoms with Gasteiger partial charge in [-0.15, -0.1) is 0 Å². The third-order valence-corrected chi connectivity index (χ3v) is 9.37. The summed E-state index contributed by atoms with van der Waals surface area (Å²) in [5.41, 5.74) is 0.133. The van der Waals surface area contributed by atoms with Crippen LogP contribution in [0.4, 0.5) is 13.2 Å². The Morgan fingerprint density at radius 2 is 1.69 bits per heavy atom. The van der Waals surface area contributed by atoms with Crippen molar-refractivity contribution in [2.24, 2.45) is 5.92 Å². The topological polar surface area (TPSA) is 83.1 Å². The third kappa shape index (κ3) is 4.84. The zero-order valence-electron chi connectivity index (χ0n) is 19.3. The minimum Gasteiger partial charge on any atom is -0.344 e. The summed E-state index contributed by atoms with van der Waals surface area (Å²) in [5.74, 6) is 0.00253. The summed E-state index contributed by atoms with van der Waals surface area (Å²) in [6, 6.07) is 13.3. The number of nitrogens with one attached hydrogen (secondary N) is 1. The number of halogens is 3. The molecule has 0 unspecified atom stereocenters. The molecule has 1 amide bonds. The van der Waals surface area contributed by atoms with Crippen molar-refractivity contribution in [2.45, 2.75) is 42.5 Å². The Morgan fingerprint density at radius 3 is 2.31 bits per heavy atom. The van der Waals surface area contributed by atoms with Crippen LogP contribution in [-0.2, 0) is 16.0 Å². The first-order valence-corrected chi connectivity index (χ1v) is 12.7. The number of hydrogen-bond donors (Lipinski definition) is 1. The van der Waals surface area contributed by atoms with Crippen molar-refractivity contribution in [3.8, 4) is 11.4 Å². The van der Waals surface area contributed by atoms with Crippen LogP contribution >= 0.6 is 0 Å². The lowest BCUT2D eigenvalue weighted by Gasteiger charge is -2.40. The number of likely N-dealkylation sites (tertiary alicyclic amines) is 1. The summed E-state index contributed by atoms with van der Waals surface area (Å²) in [6.07, 6.45) is -2.26. The molecule has 1 saturated heterocycles. The fourth-order valence-electron chi connectivity index (χ4n) is 4.48. The van der Waals surface area contributed by atoms with E-state index >= 15 is 0 Å². The predicted octanol–water partition coefficient (Wildman–Crippen LogP) is 5.20. The van der Waals surface area contributed by atoms with Crippen LogP contribution in [0.5, 0.6) is 0 Å². The Hall–Kier alpha value is -3.14. The first kappa shape index (κ1) is 25.0. The van der Waals surface area contributed by atoms with Gasteiger partial charge in [-0.2, -0.15) is 13.2 Å². The lowest BCUT2D eigenvalue weighted by atomic mass is 9.86. The molecule has 2 heterocycles. The molecule has 186 valence electrons. The number of carbonyl (C=O) groups excluding carboxylic acids is 1. The number of aromatic nitrogens is 2. The quantitative estimate of drug-likeness (QED) is 0.517. The van der Waals surface area contributed by atoms with Crippen LogP contribution in [0.3, 0.4) is 0 Å². The molecule has 0 spiro atoms. The number of nitrogens with zero attached hydrogens (tertiary/aromatic N) is 2. The number of aromatic amines is 1. The van der Waals surface area contributed by atoms with Gasteiger partial charge in [0.2, 0.25) is 0 Å². The van der Waals surface area contributed by atoms with Crippen LogP contribution in [0, 0.1) is 5.92 Å². The fourth-order valence-corrected chi connectivity index (χ4v) is 6.30. The SMILES string of the molecule is CC(C)(C1CCN(C(=O)c2c[nH]c(-c3ccccc3)n2)CC1)S(=O)(=O)c1cccc(C(F)(F)F)c1. The van der Waals surface area contributed by atoms with Crippen molar-refractivity contribution >= 4 is 15.7 Å². The van der Waals surface area contributed by atoms with Gasteiger partial charge in [0.05, 0.1) is 15.2 Å². The number of imidazole rings is 1. The molecule has 0 saturated carbocycles. The number of H-pyrrole nitrogens is 1. The second-order valence-corrected chi connectivity index (χ2v) is 11.7. The monoisotopic (exact) mass is 505 g/mol. The van der Waals surface area contributed by atoms with Gasteiger partial charge < -0.3 is 9.88 Å². The van der Waals surface area contributed by atoms with Crippen LogP contribution < -0.4 is 0 Å². The highest BCUT2D eigenvalue weighted by molar-refractivity contribution is 7.92. The number of benzene rings is 2. The highest BCUT2D eigenvalue weighted by atomic mass is 32.2. The largest absolute Gasteiger partial charge is 0.416 e. The van der Waals surface area contributed by atoms with Gasteiger partial charge in [0, 0.05) is 24.8 Å². The standard InChI is InChI=1S/C25H26F3N3O3S/c1-24(2,35(33,34)20-10-6-9-19(15-20)25(26,27)28)18-11-13-31(14-12-18)23(32)21-16-29-22(30-21)17-7-4-3-5-8-17/h3-10,15-16,18H,11-14H2,1-2H3,(H,29,30). The zero-order chi connectivity index (χ0) is 25.4. The lowest BCUT2D eigenvalue weighted by Crippen LogP contribution is -2.47. The van der Waals surface area contributed by atoms with Crippen molar-refractivity contribution in [3.63, 3.8) is 0 Å². The zero-order valence-corrected chi connectivity index (χ0v) is 20.2. The van der Waals surface area contributed by atoms with Crippen molar-refractivity contribution in [3.05, 3.63) is 72.1 Å². The molecule has 6 nitrogen and oxygen atoms in total. The highest BCUT2D eigenvalue weighted by Crippen LogP contribution is 2.39. The Kier molecular flexibility index (Phi) is 6.52. The van der Waals surface area contributed by atoms with Crippen LogP contribution in [0.15, 0.2) is 65.7 Å². The van der Waals surface area contributed by atoms with E-state index in [1.807, 2.05) is 30.3 Å². The summed E-state index contributed by atoms with van der Waals surface area (Å²) in [6.45, 7) is 3.76. The van der Waals surface area contributed by atoms with E-state index in [0.717, 1.165) is 17.7 Å². The van der Waals surface area contributed by atoms with E-state index < -0.39 is 26.3 Å². The van der Waals surface area contributed by atoms with Crippen molar-refractivity contribution < 1.29 is 26.4 Å². The van der Waals surface area contributed by atoms with Crippen LogP contribution in [0.1, 0.15) is 42.7 Å². The molecule has 1 fully saturated rings. The molecular weight excluding hydrogens is 479 g/mol. The van der Waals surface area contributed by atoms with Crippen molar-refractivity contribution in [1.29, 1.82) is 0 Å². The van der Waals surface area contributed by atoms with E-state index in [2.05, 4.69) is 9.97 Å². The molecule has 3 aromatic rings. The number of piperidine rings is 1. The molecule has 0 aliphatic carbocycles. The molecule has 1 aliphatic heterocycles. The molecule has 0 radical (unpaired) electrons. The van der Waals surface area contributed by atoms with Crippen LogP contribution in [0.25, 0.3) is 11.4 Å². The first-order chi connectivity index (χ1) is 16.4. The molecule has 4 rings (SSSR count). The first-order valence-electron chi connectivity index (χ1n) is 11.2. The van der Waals surface area contributed by atoms with E-state index in [1.54, 1.807) is 24.9 Å². The van der Waals surface area contributed by atoms with E-state index in [0.29, 0.717) is 37.8 Å². The van der Waals surface area contributed by atoms with Gasteiger partial charge in [-0.1, -0.05) is 36.4 Å². The normalized spacial score (nSPS) is 15.9. The van der Waals surface area contributed by atoms with Crippen molar-refractivity contribution in [2.75, 3.05) is 13.1 Å². The van der Waals surface area contributed by atoms with Crippen LogP contribution in [-0.4, -0.2) is 47.0 Å². The summed E-state index contributed by atoms with van der Waals surface area (Å²) in [5, 5.41) is 0. The second-order valence-electron chi connectivity index (χ2n) is 9.20. The number of hydrogen-bond acceptors (Lipinski definition) is 4. The average Bonchev–Trinajstić information content (AvgIpc) is 3.34. The van der Waals surface area contributed by atoms with E-state index in [1.165, 1.54) is 6.07 Å². The van der Waals surface area contributed by atoms with Gasteiger partial charge in [-0.3, -0.25) is 4.79 Å². The average molecular weight is 506 g/mol. The van der Waals surface area contributed by atoms with Gasteiger partial charge in [-0.25, -0.2) is 13.4 Å². The lowest BCUT2D eigenvalue weighted by molar-refractivity contribution is -0.137. The summed E-state index contributed by atoms with van der Waals surface area (Å²) < 4.78 is 64.8. The Labute approximate surface area is 202 Å². The third-order valence-electron chi connectivity index (χ3n) is 6.77. The molecule has 2 aromatic carbocycles. The second kappa shape index (κ2) is 9.14. The van der Waals surface area contributed by atoms with Gasteiger partial charge in [0.25, 0.3) is 5.91 Å². The van der Waals surface area contributed by atoms with E-state index in [-0.39, 0.29) is 22.4 Å². The molecule has 1 aromatic heterocycles. The maximum Gasteiger partial charge on any atom is 0.416 e. The van der Waals surface area contributed by atoms with Crippen molar-refractivity contribution in [1.82, 2.24) is 14.9 Å². The molecule has 35 heavy (non-hydrogen) atoms. The predicted molar refractivity (Wildman–Crippen MR) is 125 cm³/mol. The number of sulfone groups is 1. The summed E-state index contributed by atoms with van der Waals surface area (Å²) >= 11 is 0. The Bertz CT molecular complexity index is 1310. The molecular formula is C25H26F3N3O3S. The molecule has 0 bridgehead atoms. The molecule has 0 atom stereocenters. The molecule has 10 heteroatoms. The summed E-state index contributed by atoms with van der Waals surface area (Å²) in [4.78, 5) is 21.7. The van der Waals surface area contributed by atoms with Gasteiger partial charge >= 0.3 is 6.18 Å². The van der Waals surface area contributed by atoms with E-state index in [9.17, 15) is 26.4 Å². The minimum atomic E-state index is -4.63. The Morgan fingerprint density at radius 1 is 1.03 bits per heavy atom. The summed E-state index contributed by atoms with van der Waals surface area (Å²) in [7, 11) is -4.06. The van der Waals surface area contributed by atoms with Crippen LogP contribution in [0.2, 0.25) is 0 Å². The number of alkyl halides is 3. The van der Waals surface area contributed by atoms with Gasteiger partial charge in [0.15, 0.2) is 9.84 Å². The maximum atomic E-state index is 13.3. The molecule has 1 N–H and O–H groups in total. The highest BCUT2D eigenvalue weighted by Gasteiger charge is 2.45. The minimum absolute atomic E-state index is 0.250.